The quantitative estimate of drug-likeness (QED) is 0.656. The Kier molecular flexibility index (Phi) is 5.42. The summed E-state index contributed by atoms with van der Waals surface area (Å²) in [6.45, 7) is 5.15. The molecule has 3 aromatic rings. The molecule has 2 aliphatic rings. The molecule has 2 aromatic heterocycles. The Morgan fingerprint density at radius 2 is 1.90 bits per heavy atom. The van der Waals surface area contributed by atoms with Gasteiger partial charge in [-0.3, -0.25) is 0 Å². The van der Waals surface area contributed by atoms with Gasteiger partial charge in [-0.25, -0.2) is 4.98 Å². The highest BCUT2D eigenvalue weighted by Gasteiger charge is 2.24. The van der Waals surface area contributed by atoms with Crippen LogP contribution in [0, 0.1) is 0 Å². The van der Waals surface area contributed by atoms with E-state index in [1.54, 1.807) is 11.8 Å². The summed E-state index contributed by atoms with van der Waals surface area (Å²) in [7, 11) is 0. The number of aromatic nitrogens is 4. The fourth-order valence-corrected chi connectivity index (χ4v) is 5.24. The van der Waals surface area contributed by atoms with Gasteiger partial charge >= 0.3 is 0 Å². The van der Waals surface area contributed by atoms with Crippen molar-refractivity contribution in [2.24, 2.45) is 0 Å². The van der Waals surface area contributed by atoms with Crippen molar-refractivity contribution in [3.8, 4) is 0 Å². The van der Waals surface area contributed by atoms with Gasteiger partial charge in [0.1, 0.15) is 10.8 Å². The Labute approximate surface area is 176 Å². The lowest BCUT2D eigenvalue weighted by molar-refractivity contribution is 0.428. The average molecular weight is 409 g/mol. The molecule has 1 aliphatic heterocycles. The molecular formula is C22H28N6S. The van der Waals surface area contributed by atoms with Crippen molar-refractivity contribution in [3.63, 3.8) is 0 Å². The molecule has 1 aliphatic carbocycles. The highest BCUT2D eigenvalue weighted by molar-refractivity contribution is 7.99. The molecule has 1 unspecified atom stereocenters. The molecule has 3 heterocycles. The standard InChI is InChI=1S/C22H28N6S/c1-16-15-27(13-12-23-16)20-14-19(29-18-10-6-3-7-11-18)24-22-25-21(26-28(20)22)17-8-4-2-5-9-17/h3,6-7,10-11,14,16-17,23H,2,4-5,8-9,12-13,15H2,1H3. The molecule has 0 amide bonds. The highest BCUT2D eigenvalue weighted by atomic mass is 32.2. The Hall–Kier alpha value is -2.12. The van der Waals surface area contributed by atoms with Gasteiger partial charge in [0.2, 0.25) is 0 Å². The third-order valence-corrected chi connectivity index (χ3v) is 6.84. The molecule has 0 bridgehead atoms. The average Bonchev–Trinajstić information content (AvgIpc) is 3.19. The van der Waals surface area contributed by atoms with Gasteiger partial charge < -0.3 is 10.2 Å². The molecule has 1 saturated carbocycles. The molecule has 1 N–H and O–H groups in total. The van der Waals surface area contributed by atoms with Crippen LogP contribution >= 0.6 is 11.8 Å². The first-order valence-corrected chi connectivity index (χ1v) is 11.6. The number of nitrogens with zero attached hydrogens (tertiary/aromatic N) is 5. The summed E-state index contributed by atoms with van der Waals surface area (Å²) in [5.41, 5.74) is 0. The Balaban J connectivity index is 1.55. The van der Waals surface area contributed by atoms with E-state index >= 15 is 0 Å². The molecule has 0 spiro atoms. The second kappa shape index (κ2) is 8.32. The van der Waals surface area contributed by atoms with Crippen LogP contribution in [0.4, 0.5) is 5.82 Å². The van der Waals surface area contributed by atoms with Crippen molar-refractivity contribution in [1.29, 1.82) is 0 Å². The fraction of sp³-hybridized carbons (Fsp3) is 0.500. The second-order valence-electron chi connectivity index (χ2n) is 8.19. The summed E-state index contributed by atoms with van der Waals surface area (Å²) in [6.07, 6.45) is 6.30. The molecule has 0 radical (unpaired) electrons. The van der Waals surface area contributed by atoms with E-state index in [-0.39, 0.29) is 0 Å². The van der Waals surface area contributed by atoms with Crippen molar-refractivity contribution in [2.75, 3.05) is 24.5 Å². The van der Waals surface area contributed by atoms with Gasteiger partial charge in [0.25, 0.3) is 5.78 Å². The Morgan fingerprint density at radius 1 is 1.07 bits per heavy atom. The van der Waals surface area contributed by atoms with Crippen molar-refractivity contribution in [3.05, 3.63) is 42.2 Å². The lowest BCUT2D eigenvalue weighted by Crippen LogP contribution is -2.49. The van der Waals surface area contributed by atoms with Crippen LogP contribution in [0.5, 0.6) is 0 Å². The van der Waals surface area contributed by atoms with Crippen molar-refractivity contribution >= 4 is 23.4 Å². The maximum absolute atomic E-state index is 4.96. The summed E-state index contributed by atoms with van der Waals surface area (Å²) in [5, 5.41) is 9.47. The first-order valence-electron chi connectivity index (χ1n) is 10.8. The van der Waals surface area contributed by atoms with Crippen LogP contribution in [0.2, 0.25) is 0 Å². The molecule has 29 heavy (non-hydrogen) atoms. The summed E-state index contributed by atoms with van der Waals surface area (Å²) < 4.78 is 1.98. The van der Waals surface area contributed by atoms with Gasteiger partial charge in [0.15, 0.2) is 5.82 Å². The van der Waals surface area contributed by atoms with Crippen molar-refractivity contribution in [2.45, 2.75) is 60.9 Å². The van der Waals surface area contributed by atoms with Crippen molar-refractivity contribution < 1.29 is 0 Å². The Morgan fingerprint density at radius 3 is 2.69 bits per heavy atom. The van der Waals surface area contributed by atoms with E-state index in [2.05, 4.69) is 47.5 Å². The minimum atomic E-state index is 0.457. The minimum absolute atomic E-state index is 0.457. The van der Waals surface area contributed by atoms with E-state index in [4.69, 9.17) is 15.1 Å². The van der Waals surface area contributed by atoms with Crippen LogP contribution < -0.4 is 10.2 Å². The highest BCUT2D eigenvalue weighted by Crippen LogP contribution is 2.33. The van der Waals surface area contributed by atoms with E-state index in [0.717, 1.165) is 42.1 Å². The maximum atomic E-state index is 4.96. The SMILES string of the molecule is CC1CN(c2cc(Sc3ccccc3)nc3nc(C4CCCCC4)nn23)CCN1. The normalized spacial score (nSPS) is 21.0. The molecular weight excluding hydrogens is 380 g/mol. The smallest absolute Gasteiger partial charge is 0.255 e. The minimum Gasteiger partial charge on any atom is -0.354 e. The number of hydrogen-bond acceptors (Lipinski definition) is 6. The van der Waals surface area contributed by atoms with Crippen molar-refractivity contribution in [1.82, 2.24) is 24.9 Å². The number of piperazine rings is 1. The fourth-order valence-electron chi connectivity index (χ4n) is 4.41. The van der Waals surface area contributed by atoms with Gasteiger partial charge in [-0.15, -0.1) is 5.10 Å². The molecule has 5 rings (SSSR count). The third kappa shape index (κ3) is 4.12. The van der Waals surface area contributed by atoms with Gasteiger partial charge in [0.05, 0.1) is 0 Å². The zero-order valence-corrected chi connectivity index (χ0v) is 17.7. The summed E-state index contributed by atoms with van der Waals surface area (Å²) in [5.74, 6) is 3.29. The summed E-state index contributed by atoms with van der Waals surface area (Å²) in [4.78, 5) is 13.4. The molecule has 7 heteroatoms. The molecule has 1 aromatic carbocycles. The monoisotopic (exact) mass is 408 g/mol. The van der Waals surface area contributed by atoms with Crippen LogP contribution in [0.1, 0.15) is 50.8 Å². The topological polar surface area (TPSA) is 58.4 Å². The number of rotatable bonds is 4. The molecule has 152 valence electrons. The molecule has 1 atom stereocenters. The van der Waals surface area contributed by atoms with Crippen LogP contribution in [-0.2, 0) is 0 Å². The number of benzene rings is 1. The van der Waals surface area contributed by atoms with Gasteiger partial charge in [0, 0.05) is 42.6 Å². The predicted molar refractivity (Wildman–Crippen MR) is 117 cm³/mol. The third-order valence-electron chi connectivity index (χ3n) is 5.91. The Bertz CT molecular complexity index is 966. The van der Waals surface area contributed by atoms with Crippen LogP contribution in [0.3, 0.4) is 0 Å². The lowest BCUT2D eigenvalue weighted by atomic mass is 9.89. The number of nitrogens with one attached hydrogen (secondary N) is 1. The van der Waals surface area contributed by atoms with E-state index < -0.39 is 0 Å². The number of anilines is 1. The van der Waals surface area contributed by atoms with E-state index in [0.29, 0.717) is 12.0 Å². The number of hydrogen-bond donors (Lipinski definition) is 1. The van der Waals surface area contributed by atoms with Gasteiger partial charge in [-0.2, -0.15) is 9.50 Å². The predicted octanol–water partition coefficient (Wildman–Crippen LogP) is 4.12. The number of fused-ring (bicyclic) bond motifs is 1. The molecule has 6 nitrogen and oxygen atoms in total. The van der Waals surface area contributed by atoms with Gasteiger partial charge in [-0.1, -0.05) is 49.2 Å². The summed E-state index contributed by atoms with van der Waals surface area (Å²) >= 11 is 1.69. The van der Waals surface area contributed by atoms with Crippen LogP contribution in [0.15, 0.2) is 46.3 Å². The van der Waals surface area contributed by atoms with Gasteiger partial charge in [-0.05, 0) is 31.9 Å². The molecule has 1 saturated heterocycles. The van der Waals surface area contributed by atoms with Crippen LogP contribution in [0.25, 0.3) is 5.78 Å². The van der Waals surface area contributed by atoms with E-state index in [9.17, 15) is 0 Å². The molecule has 2 fully saturated rings. The zero-order chi connectivity index (χ0) is 19.6. The first-order chi connectivity index (χ1) is 14.3. The van der Waals surface area contributed by atoms with E-state index in [1.807, 2.05) is 10.6 Å². The second-order valence-corrected chi connectivity index (χ2v) is 9.28. The van der Waals surface area contributed by atoms with E-state index in [1.165, 1.54) is 37.0 Å². The summed E-state index contributed by atoms with van der Waals surface area (Å²) in [6, 6.07) is 13.1. The lowest BCUT2D eigenvalue weighted by Gasteiger charge is -2.33. The maximum Gasteiger partial charge on any atom is 0.255 e. The van der Waals surface area contributed by atoms with Crippen LogP contribution in [-0.4, -0.2) is 45.3 Å². The first kappa shape index (κ1) is 18.9. The zero-order valence-electron chi connectivity index (χ0n) is 16.9. The largest absolute Gasteiger partial charge is 0.354 e.